The molecular formula is C17H24N6O. The van der Waals surface area contributed by atoms with Gasteiger partial charge in [-0.25, -0.2) is 14.8 Å². The van der Waals surface area contributed by atoms with Crippen molar-refractivity contribution in [2.24, 2.45) is 0 Å². The Bertz CT molecular complexity index is 744. The van der Waals surface area contributed by atoms with Crippen LogP contribution < -0.4 is 4.90 Å². The van der Waals surface area contributed by atoms with Crippen LogP contribution in [0, 0.1) is 0 Å². The molecule has 2 amide bonds. The van der Waals surface area contributed by atoms with E-state index in [1.807, 2.05) is 29.1 Å². The molecule has 1 N–H and O–H groups in total. The molecule has 0 saturated carbocycles. The minimum absolute atomic E-state index is 0.168. The van der Waals surface area contributed by atoms with Gasteiger partial charge in [0.15, 0.2) is 0 Å². The number of carbonyl (C=O) groups is 1. The molecule has 0 radical (unpaired) electrons. The number of carbonyl (C=O) groups excluding carboxylic acids is 1. The van der Waals surface area contributed by atoms with Crippen LogP contribution in [0.3, 0.4) is 0 Å². The van der Waals surface area contributed by atoms with Gasteiger partial charge in [0.1, 0.15) is 17.8 Å². The van der Waals surface area contributed by atoms with E-state index in [0.717, 1.165) is 55.7 Å². The van der Waals surface area contributed by atoms with Gasteiger partial charge in [0.2, 0.25) is 0 Å². The molecule has 7 heteroatoms. The fourth-order valence-electron chi connectivity index (χ4n) is 3.94. The number of fused-ring (bicyclic) bond motifs is 1. The zero-order valence-electron chi connectivity index (χ0n) is 14.3. The summed E-state index contributed by atoms with van der Waals surface area (Å²) in [5.74, 6) is 0.958. The van der Waals surface area contributed by atoms with Crippen LogP contribution in [0.2, 0.25) is 0 Å². The Balaban J connectivity index is 1.48. The number of nitrogens with zero attached hydrogens (tertiary/aromatic N) is 5. The van der Waals surface area contributed by atoms with E-state index in [-0.39, 0.29) is 12.1 Å². The zero-order valence-corrected chi connectivity index (χ0v) is 14.3. The van der Waals surface area contributed by atoms with Crippen molar-refractivity contribution in [2.75, 3.05) is 31.6 Å². The Morgan fingerprint density at radius 3 is 3.00 bits per heavy atom. The Kier molecular flexibility index (Phi) is 3.78. The smallest absolute Gasteiger partial charge is 0.320 e. The molecule has 2 atom stereocenters. The predicted molar refractivity (Wildman–Crippen MR) is 93.1 cm³/mol. The number of amides is 2. The summed E-state index contributed by atoms with van der Waals surface area (Å²) in [4.78, 5) is 30.8. The number of nitrogens with one attached hydrogen (secondary N) is 1. The quantitative estimate of drug-likeness (QED) is 0.916. The SMILES string of the molecule is CC1CCCN1C(=O)N(C)[C@@H]1CCN(c2ncnc3[nH]ccc23)C1. The number of likely N-dealkylation sites (N-methyl/N-ethyl adjacent to an activating group) is 1. The summed E-state index contributed by atoms with van der Waals surface area (Å²) in [5.41, 5.74) is 0.860. The normalized spacial score (nSPS) is 24.1. The van der Waals surface area contributed by atoms with Crippen LogP contribution in [0.25, 0.3) is 11.0 Å². The number of hydrogen-bond acceptors (Lipinski definition) is 4. The average molecular weight is 328 g/mol. The Morgan fingerprint density at radius 2 is 2.21 bits per heavy atom. The molecule has 2 fully saturated rings. The van der Waals surface area contributed by atoms with Crippen molar-refractivity contribution in [3.8, 4) is 0 Å². The van der Waals surface area contributed by atoms with E-state index >= 15 is 0 Å². The number of likely N-dealkylation sites (tertiary alicyclic amines) is 1. The molecule has 0 aromatic carbocycles. The largest absolute Gasteiger partial charge is 0.354 e. The molecule has 0 aliphatic carbocycles. The molecule has 2 aromatic rings. The summed E-state index contributed by atoms with van der Waals surface area (Å²) < 4.78 is 0. The van der Waals surface area contributed by atoms with Crippen molar-refractivity contribution in [3.05, 3.63) is 18.6 Å². The van der Waals surface area contributed by atoms with Crippen LogP contribution in [0.15, 0.2) is 18.6 Å². The highest BCUT2D eigenvalue weighted by Crippen LogP contribution is 2.27. The van der Waals surface area contributed by atoms with Gasteiger partial charge in [-0.1, -0.05) is 0 Å². The van der Waals surface area contributed by atoms with Crippen LogP contribution in [0.5, 0.6) is 0 Å². The van der Waals surface area contributed by atoms with Crippen molar-refractivity contribution in [1.29, 1.82) is 0 Å². The van der Waals surface area contributed by atoms with Gasteiger partial charge in [-0.2, -0.15) is 0 Å². The summed E-state index contributed by atoms with van der Waals surface area (Å²) in [6, 6.07) is 2.77. The number of H-pyrrole nitrogens is 1. The van der Waals surface area contributed by atoms with E-state index in [2.05, 4.69) is 26.8 Å². The summed E-state index contributed by atoms with van der Waals surface area (Å²) >= 11 is 0. The number of anilines is 1. The van der Waals surface area contributed by atoms with Gasteiger partial charge in [-0.05, 0) is 32.3 Å². The lowest BCUT2D eigenvalue weighted by Gasteiger charge is -2.31. The van der Waals surface area contributed by atoms with Crippen molar-refractivity contribution in [3.63, 3.8) is 0 Å². The molecule has 4 rings (SSSR count). The number of aromatic amines is 1. The lowest BCUT2D eigenvalue weighted by molar-refractivity contribution is 0.148. The topological polar surface area (TPSA) is 68.4 Å². The van der Waals surface area contributed by atoms with Crippen molar-refractivity contribution >= 4 is 22.9 Å². The van der Waals surface area contributed by atoms with Gasteiger partial charge in [0.05, 0.1) is 11.4 Å². The highest BCUT2D eigenvalue weighted by atomic mass is 16.2. The van der Waals surface area contributed by atoms with Crippen LogP contribution in [0.4, 0.5) is 10.6 Å². The van der Waals surface area contributed by atoms with Gasteiger partial charge in [-0.15, -0.1) is 0 Å². The Labute approximate surface area is 141 Å². The van der Waals surface area contributed by atoms with E-state index in [4.69, 9.17) is 0 Å². The average Bonchev–Trinajstić information content (AvgIpc) is 3.32. The first kappa shape index (κ1) is 15.2. The van der Waals surface area contributed by atoms with Crippen molar-refractivity contribution in [2.45, 2.75) is 38.3 Å². The van der Waals surface area contributed by atoms with Crippen molar-refractivity contribution < 1.29 is 4.79 Å². The van der Waals surface area contributed by atoms with E-state index < -0.39 is 0 Å². The molecule has 0 spiro atoms. The Hall–Kier alpha value is -2.31. The van der Waals surface area contributed by atoms with Gasteiger partial charge < -0.3 is 19.7 Å². The number of rotatable bonds is 2. The second-order valence-electron chi connectivity index (χ2n) is 6.90. The predicted octanol–water partition coefficient (Wildman–Crippen LogP) is 2.07. The minimum atomic E-state index is 0.168. The molecular weight excluding hydrogens is 304 g/mol. The van der Waals surface area contributed by atoms with Crippen molar-refractivity contribution in [1.82, 2.24) is 24.8 Å². The van der Waals surface area contributed by atoms with Crippen LogP contribution in [-0.4, -0.2) is 69.5 Å². The van der Waals surface area contributed by atoms with E-state index in [9.17, 15) is 4.79 Å². The standard InChI is InChI=1S/C17H24N6O/c1-12-4-3-8-23(12)17(24)21(2)13-6-9-22(10-13)16-14-5-7-18-15(14)19-11-20-16/h5,7,11-13H,3-4,6,8-10H2,1-2H3,(H,18,19,20)/t12?,13-/m1/s1. The first-order chi connectivity index (χ1) is 11.6. The van der Waals surface area contributed by atoms with E-state index in [1.54, 1.807) is 6.33 Å². The third-order valence-electron chi connectivity index (χ3n) is 5.44. The van der Waals surface area contributed by atoms with Crippen LogP contribution in [0.1, 0.15) is 26.2 Å². The molecule has 128 valence electrons. The van der Waals surface area contributed by atoms with Gasteiger partial charge >= 0.3 is 6.03 Å². The van der Waals surface area contributed by atoms with E-state index in [0.29, 0.717) is 6.04 Å². The van der Waals surface area contributed by atoms with Crippen LogP contribution >= 0.6 is 0 Å². The lowest BCUT2D eigenvalue weighted by atomic mass is 10.2. The lowest BCUT2D eigenvalue weighted by Crippen LogP contribution is -2.48. The number of urea groups is 1. The molecule has 4 heterocycles. The van der Waals surface area contributed by atoms with Crippen LogP contribution in [-0.2, 0) is 0 Å². The number of hydrogen-bond donors (Lipinski definition) is 1. The second-order valence-corrected chi connectivity index (χ2v) is 6.90. The molecule has 24 heavy (non-hydrogen) atoms. The molecule has 2 aromatic heterocycles. The van der Waals surface area contributed by atoms with Gasteiger partial charge in [0.25, 0.3) is 0 Å². The summed E-state index contributed by atoms with van der Waals surface area (Å²) in [5, 5.41) is 1.04. The minimum Gasteiger partial charge on any atom is -0.354 e. The second kappa shape index (κ2) is 5.96. The highest BCUT2D eigenvalue weighted by molar-refractivity contribution is 5.87. The molecule has 2 aliphatic heterocycles. The van der Waals surface area contributed by atoms with Gasteiger partial charge in [0, 0.05) is 38.9 Å². The fraction of sp³-hybridized carbons (Fsp3) is 0.588. The summed E-state index contributed by atoms with van der Waals surface area (Å²) in [6.45, 7) is 4.76. The maximum absolute atomic E-state index is 12.8. The monoisotopic (exact) mass is 328 g/mol. The van der Waals surface area contributed by atoms with E-state index in [1.165, 1.54) is 0 Å². The molecule has 1 unspecified atom stereocenters. The van der Waals surface area contributed by atoms with Gasteiger partial charge in [-0.3, -0.25) is 0 Å². The first-order valence-corrected chi connectivity index (χ1v) is 8.71. The molecule has 2 saturated heterocycles. The maximum atomic E-state index is 12.8. The maximum Gasteiger partial charge on any atom is 0.320 e. The number of aromatic nitrogens is 3. The Morgan fingerprint density at radius 1 is 1.33 bits per heavy atom. The molecule has 0 bridgehead atoms. The molecule has 7 nitrogen and oxygen atoms in total. The summed E-state index contributed by atoms with van der Waals surface area (Å²) in [7, 11) is 1.94. The summed E-state index contributed by atoms with van der Waals surface area (Å²) in [6.07, 6.45) is 6.69. The first-order valence-electron chi connectivity index (χ1n) is 8.71. The third-order valence-corrected chi connectivity index (χ3v) is 5.44. The fourth-order valence-corrected chi connectivity index (χ4v) is 3.94. The third kappa shape index (κ3) is 2.48. The highest BCUT2D eigenvalue weighted by Gasteiger charge is 2.34. The zero-order chi connectivity index (χ0) is 16.7. The molecule has 2 aliphatic rings.